The van der Waals surface area contributed by atoms with Crippen molar-refractivity contribution in [1.29, 1.82) is 0 Å². The Labute approximate surface area is 131 Å². The minimum Gasteiger partial charge on any atom is -0.343 e. The van der Waals surface area contributed by atoms with Gasteiger partial charge >= 0.3 is 12.4 Å². The van der Waals surface area contributed by atoms with Gasteiger partial charge in [-0.25, -0.2) is 4.39 Å². The number of hydrogen-bond donors (Lipinski definition) is 0. The van der Waals surface area contributed by atoms with Crippen LogP contribution >= 0.6 is 0 Å². The van der Waals surface area contributed by atoms with Gasteiger partial charge in [-0.2, -0.15) is 32.8 Å². The van der Waals surface area contributed by atoms with Crippen LogP contribution < -0.4 is 0 Å². The van der Waals surface area contributed by atoms with Crippen molar-refractivity contribution in [2.24, 2.45) is 5.92 Å². The summed E-state index contributed by atoms with van der Waals surface area (Å²) in [5.74, 6) is -1.71. The molecule has 0 radical (unpaired) electrons. The molecule has 0 saturated heterocycles. The summed E-state index contributed by atoms with van der Waals surface area (Å²) >= 11 is 0. The second kappa shape index (κ2) is 8.11. The van der Waals surface area contributed by atoms with E-state index in [0.29, 0.717) is 6.92 Å². The van der Waals surface area contributed by atoms with E-state index in [9.17, 15) is 30.7 Å². The summed E-state index contributed by atoms with van der Waals surface area (Å²) in [5.41, 5.74) is -3.44. The van der Waals surface area contributed by atoms with E-state index in [-0.39, 0.29) is 44.0 Å². The van der Waals surface area contributed by atoms with Crippen LogP contribution in [0.25, 0.3) is 0 Å². The van der Waals surface area contributed by atoms with Gasteiger partial charge in [-0.1, -0.05) is 6.42 Å². The molecule has 114 valence electrons. The van der Waals surface area contributed by atoms with Gasteiger partial charge in [-0.05, 0) is 26.2 Å². The molecule has 0 rings (SSSR count). The summed E-state index contributed by atoms with van der Waals surface area (Å²) in [5, 5.41) is 0. The molecule has 0 aromatic heterocycles. The van der Waals surface area contributed by atoms with Gasteiger partial charge in [0.1, 0.15) is 0 Å². The average Bonchev–Trinajstić information content (AvgIpc) is 2.12. The van der Waals surface area contributed by atoms with Gasteiger partial charge in [-0.15, -0.1) is 0 Å². The first kappa shape index (κ1) is 21.9. The number of halogens is 7. The molecule has 19 heavy (non-hydrogen) atoms. The van der Waals surface area contributed by atoms with Crippen molar-refractivity contribution in [3.05, 3.63) is 6.92 Å². The van der Waals surface area contributed by atoms with E-state index in [1.54, 1.807) is 0 Å². The van der Waals surface area contributed by atoms with E-state index in [1.807, 2.05) is 0 Å². The predicted octanol–water partition coefficient (Wildman–Crippen LogP) is 5.24. The Hall–Kier alpha value is 0.562. The van der Waals surface area contributed by atoms with Crippen molar-refractivity contribution in [3.63, 3.8) is 0 Å². The summed E-state index contributed by atoms with van der Waals surface area (Å²) in [4.78, 5) is 0. The first-order valence-electron chi connectivity index (χ1n) is 5.53. The molecule has 0 spiro atoms. The van der Waals surface area contributed by atoms with Crippen LogP contribution in [-0.4, -0.2) is 18.0 Å². The van der Waals surface area contributed by atoms with Crippen LogP contribution in [0.5, 0.6) is 0 Å². The fraction of sp³-hybridized carbons (Fsp3) is 0.909. The van der Waals surface area contributed by atoms with Gasteiger partial charge in [0.15, 0.2) is 0 Å². The van der Waals surface area contributed by atoms with Gasteiger partial charge in [0.05, 0.1) is 5.92 Å². The van der Waals surface area contributed by atoms with Gasteiger partial charge in [-0.3, -0.25) is 0 Å². The summed E-state index contributed by atoms with van der Waals surface area (Å²) in [6.07, 6.45) is -11.7. The van der Waals surface area contributed by atoms with Gasteiger partial charge in [0.2, 0.25) is 5.67 Å². The molecule has 0 amide bonds. The smallest absolute Gasteiger partial charge is 0.343 e. The van der Waals surface area contributed by atoms with Gasteiger partial charge < -0.3 is 6.92 Å². The first-order valence-corrected chi connectivity index (χ1v) is 5.53. The van der Waals surface area contributed by atoms with E-state index in [4.69, 9.17) is 0 Å². The maximum Gasteiger partial charge on any atom is 0.422 e. The van der Waals surface area contributed by atoms with Gasteiger partial charge in [0, 0.05) is 31.1 Å². The monoisotopic (exact) mass is 519 g/mol. The second-order valence-corrected chi connectivity index (χ2v) is 4.47. The van der Waals surface area contributed by atoms with Crippen LogP contribution in [0.1, 0.15) is 39.0 Å². The molecule has 0 aromatic rings. The number of hydrogen-bond acceptors (Lipinski definition) is 0. The molecule has 0 fully saturated rings. The Morgan fingerprint density at radius 2 is 1.42 bits per heavy atom. The van der Waals surface area contributed by atoms with E-state index in [1.165, 1.54) is 0 Å². The predicted molar refractivity (Wildman–Crippen MR) is 53.6 cm³/mol. The molecule has 0 aliphatic rings. The van der Waals surface area contributed by atoms with Crippen LogP contribution in [0.4, 0.5) is 30.7 Å². The first-order chi connectivity index (χ1) is 7.92. The normalized spacial score (nSPS) is 17.5. The summed E-state index contributed by atoms with van der Waals surface area (Å²) in [7, 11) is 0. The van der Waals surface area contributed by atoms with Gasteiger partial charge in [0.25, 0.3) is 0 Å². The Morgan fingerprint density at radius 3 is 1.74 bits per heavy atom. The summed E-state index contributed by atoms with van der Waals surface area (Å²) in [6.45, 7) is 3.63. The quantitative estimate of drug-likeness (QED) is 0.333. The van der Waals surface area contributed by atoms with E-state index >= 15 is 0 Å². The van der Waals surface area contributed by atoms with Crippen LogP contribution in [0, 0.1) is 44.0 Å². The molecular formula is C11H16F7U-. The molecule has 0 bridgehead atoms. The molecule has 2 atom stereocenters. The Morgan fingerprint density at radius 1 is 0.947 bits per heavy atom. The Kier molecular flexibility index (Phi) is 9.33. The summed E-state index contributed by atoms with van der Waals surface area (Å²) < 4.78 is 86.8. The van der Waals surface area contributed by atoms with Crippen molar-refractivity contribution < 1.29 is 61.8 Å². The van der Waals surface area contributed by atoms with Crippen molar-refractivity contribution in [2.45, 2.75) is 57.0 Å². The van der Waals surface area contributed by atoms with Crippen LogP contribution in [0.2, 0.25) is 0 Å². The third-order valence-electron chi connectivity index (χ3n) is 2.81. The van der Waals surface area contributed by atoms with Crippen molar-refractivity contribution in [3.8, 4) is 0 Å². The molecule has 0 aliphatic carbocycles. The molecule has 0 heterocycles. The third-order valence-corrected chi connectivity index (χ3v) is 2.81. The summed E-state index contributed by atoms with van der Waals surface area (Å²) in [6, 6.07) is 0. The van der Waals surface area contributed by atoms with Crippen molar-refractivity contribution in [1.82, 2.24) is 0 Å². The van der Waals surface area contributed by atoms with E-state index < -0.39 is 43.2 Å². The maximum absolute atomic E-state index is 13.1. The third kappa shape index (κ3) is 7.79. The zero-order chi connectivity index (χ0) is 14.6. The van der Waals surface area contributed by atoms with Crippen LogP contribution in [-0.2, 0) is 0 Å². The molecule has 8 heteroatoms. The van der Waals surface area contributed by atoms with Crippen molar-refractivity contribution >= 4 is 0 Å². The zero-order valence-electron chi connectivity index (χ0n) is 10.5. The second-order valence-electron chi connectivity index (χ2n) is 4.47. The number of alkyl halides is 7. The number of rotatable bonds is 6. The minimum atomic E-state index is -5.05. The molecule has 0 nitrogen and oxygen atoms in total. The van der Waals surface area contributed by atoms with E-state index in [0.717, 1.165) is 0 Å². The van der Waals surface area contributed by atoms with Crippen LogP contribution in [0.3, 0.4) is 0 Å². The topological polar surface area (TPSA) is 0 Å². The standard InChI is InChI=1S/C11H16F7.U/c1-3-5-8(10(13,14)15)6-4-7-9(2,12)11(16,17)18;/h8H,1,3-7H2,2H3;/q-1;. The molecule has 0 aromatic carbocycles. The average molecular weight is 519 g/mol. The molecule has 2 unspecified atom stereocenters. The Balaban J connectivity index is 0. The fourth-order valence-electron chi connectivity index (χ4n) is 1.54. The van der Waals surface area contributed by atoms with E-state index in [2.05, 4.69) is 6.92 Å². The Bertz CT molecular complexity index is 244. The molecule has 0 N–H and O–H groups in total. The van der Waals surface area contributed by atoms with Crippen LogP contribution in [0.15, 0.2) is 0 Å². The zero-order valence-corrected chi connectivity index (χ0v) is 14.6. The fourth-order valence-corrected chi connectivity index (χ4v) is 1.54. The van der Waals surface area contributed by atoms with Crippen molar-refractivity contribution in [2.75, 3.05) is 0 Å². The molecule has 0 saturated carbocycles. The minimum absolute atomic E-state index is 0. The SMILES string of the molecule is [CH2-]CCC(CCCC(C)(F)C(F)(F)F)C(F)(F)F.[U]. The maximum atomic E-state index is 13.1. The molecule has 0 aliphatic heterocycles. The largest absolute Gasteiger partial charge is 0.422 e. The molecular weight excluding hydrogens is 503 g/mol.